The number of aryl methyl sites for hydroxylation is 1. The zero-order chi connectivity index (χ0) is 14.1. The maximum Gasteiger partial charge on any atom is 0.159 e. The van der Waals surface area contributed by atoms with Gasteiger partial charge in [-0.15, -0.1) is 0 Å². The van der Waals surface area contributed by atoms with Gasteiger partial charge in [0.25, 0.3) is 0 Å². The van der Waals surface area contributed by atoms with Gasteiger partial charge in [-0.3, -0.25) is 0 Å². The molecule has 2 aromatic rings. The van der Waals surface area contributed by atoms with Crippen molar-refractivity contribution >= 4 is 5.69 Å². The maximum atomic E-state index is 13.2. The van der Waals surface area contributed by atoms with Gasteiger partial charge in [-0.2, -0.15) is 0 Å². The summed E-state index contributed by atoms with van der Waals surface area (Å²) in [6, 6.07) is 11.2. The number of benzene rings is 2. The summed E-state index contributed by atoms with van der Waals surface area (Å²) in [5.41, 5.74) is 2.59. The SMILES string of the molecule is OC(c1ccc(F)c(F)c1)C1CCc2ccccc2N1. The Labute approximate surface area is 116 Å². The normalized spacial score (nSPS) is 19.1. The van der Waals surface area contributed by atoms with Crippen LogP contribution in [0.2, 0.25) is 0 Å². The third-order valence-corrected chi connectivity index (χ3v) is 3.75. The van der Waals surface area contributed by atoms with E-state index in [1.54, 1.807) is 0 Å². The highest BCUT2D eigenvalue weighted by molar-refractivity contribution is 5.54. The molecule has 0 aliphatic carbocycles. The number of hydrogen-bond donors (Lipinski definition) is 2. The maximum absolute atomic E-state index is 13.2. The third-order valence-electron chi connectivity index (χ3n) is 3.75. The number of aliphatic hydroxyl groups excluding tert-OH is 1. The Hall–Kier alpha value is -1.94. The smallest absolute Gasteiger partial charge is 0.159 e. The van der Waals surface area contributed by atoms with E-state index in [0.717, 1.165) is 30.7 Å². The highest BCUT2D eigenvalue weighted by atomic mass is 19.2. The van der Waals surface area contributed by atoms with Gasteiger partial charge in [0.1, 0.15) is 0 Å². The molecule has 0 radical (unpaired) electrons. The fourth-order valence-corrected chi connectivity index (χ4v) is 2.63. The van der Waals surface area contributed by atoms with Crippen LogP contribution < -0.4 is 5.32 Å². The second-order valence-corrected chi connectivity index (χ2v) is 5.07. The molecule has 1 heterocycles. The molecule has 2 unspecified atom stereocenters. The van der Waals surface area contributed by atoms with Crippen molar-refractivity contribution in [3.05, 3.63) is 65.2 Å². The Balaban J connectivity index is 1.82. The quantitative estimate of drug-likeness (QED) is 0.880. The lowest BCUT2D eigenvalue weighted by Crippen LogP contribution is -2.31. The van der Waals surface area contributed by atoms with E-state index in [-0.39, 0.29) is 6.04 Å². The van der Waals surface area contributed by atoms with E-state index in [1.165, 1.54) is 11.6 Å². The van der Waals surface area contributed by atoms with Gasteiger partial charge in [-0.1, -0.05) is 24.3 Å². The molecule has 0 saturated carbocycles. The zero-order valence-corrected chi connectivity index (χ0v) is 10.8. The molecule has 0 bridgehead atoms. The Kier molecular flexibility index (Phi) is 3.40. The van der Waals surface area contributed by atoms with Gasteiger partial charge in [0.15, 0.2) is 11.6 Å². The summed E-state index contributed by atoms with van der Waals surface area (Å²) in [5.74, 6) is -1.83. The fraction of sp³-hybridized carbons (Fsp3) is 0.250. The van der Waals surface area contributed by atoms with Crippen molar-refractivity contribution < 1.29 is 13.9 Å². The molecular formula is C16H15F2NO. The predicted molar refractivity (Wildman–Crippen MR) is 73.5 cm³/mol. The van der Waals surface area contributed by atoms with Crippen LogP contribution in [0.4, 0.5) is 14.5 Å². The Bertz CT molecular complexity index is 630. The van der Waals surface area contributed by atoms with Crippen molar-refractivity contribution in [3.63, 3.8) is 0 Å². The van der Waals surface area contributed by atoms with E-state index in [0.29, 0.717) is 5.56 Å². The van der Waals surface area contributed by atoms with Crippen LogP contribution in [0.3, 0.4) is 0 Å². The summed E-state index contributed by atoms with van der Waals surface area (Å²) >= 11 is 0. The number of nitrogens with one attached hydrogen (secondary N) is 1. The molecule has 0 fully saturated rings. The van der Waals surface area contributed by atoms with Crippen LogP contribution in [0.25, 0.3) is 0 Å². The minimum absolute atomic E-state index is 0.199. The molecule has 2 N–H and O–H groups in total. The van der Waals surface area contributed by atoms with Crippen LogP contribution in [0.15, 0.2) is 42.5 Å². The van der Waals surface area contributed by atoms with E-state index in [9.17, 15) is 13.9 Å². The average Bonchev–Trinajstić information content (AvgIpc) is 2.49. The predicted octanol–water partition coefficient (Wildman–Crippen LogP) is 3.43. The summed E-state index contributed by atoms with van der Waals surface area (Å²) in [5, 5.41) is 13.6. The van der Waals surface area contributed by atoms with Gasteiger partial charge in [-0.25, -0.2) is 8.78 Å². The Morgan fingerprint density at radius 1 is 1.10 bits per heavy atom. The monoisotopic (exact) mass is 275 g/mol. The lowest BCUT2D eigenvalue weighted by atomic mass is 9.92. The summed E-state index contributed by atoms with van der Waals surface area (Å²) in [4.78, 5) is 0. The molecule has 2 atom stereocenters. The van der Waals surface area contributed by atoms with Crippen LogP contribution in [0.5, 0.6) is 0 Å². The number of aliphatic hydroxyl groups is 1. The van der Waals surface area contributed by atoms with Crippen molar-refractivity contribution in [1.29, 1.82) is 0 Å². The van der Waals surface area contributed by atoms with E-state index in [4.69, 9.17) is 0 Å². The van der Waals surface area contributed by atoms with Crippen molar-refractivity contribution in [2.24, 2.45) is 0 Å². The molecule has 0 saturated heterocycles. The number of para-hydroxylation sites is 1. The molecular weight excluding hydrogens is 260 g/mol. The number of hydrogen-bond acceptors (Lipinski definition) is 2. The van der Waals surface area contributed by atoms with Gasteiger partial charge >= 0.3 is 0 Å². The first-order chi connectivity index (χ1) is 9.65. The zero-order valence-electron chi connectivity index (χ0n) is 10.8. The van der Waals surface area contributed by atoms with Crippen LogP contribution in [0.1, 0.15) is 23.7 Å². The highest BCUT2D eigenvalue weighted by Crippen LogP contribution is 2.30. The van der Waals surface area contributed by atoms with Crippen LogP contribution >= 0.6 is 0 Å². The Morgan fingerprint density at radius 3 is 2.70 bits per heavy atom. The van der Waals surface area contributed by atoms with Crippen LogP contribution in [-0.4, -0.2) is 11.1 Å². The molecule has 20 heavy (non-hydrogen) atoms. The number of rotatable bonds is 2. The van der Waals surface area contributed by atoms with Gasteiger partial charge in [0.2, 0.25) is 0 Å². The minimum Gasteiger partial charge on any atom is -0.386 e. The highest BCUT2D eigenvalue weighted by Gasteiger charge is 2.25. The lowest BCUT2D eigenvalue weighted by Gasteiger charge is -2.30. The molecule has 2 nitrogen and oxygen atoms in total. The van der Waals surface area contributed by atoms with Crippen LogP contribution in [0, 0.1) is 11.6 Å². The molecule has 0 spiro atoms. The van der Waals surface area contributed by atoms with E-state index >= 15 is 0 Å². The summed E-state index contributed by atoms with van der Waals surface area (Å²) in [6.45, 7) is 0. The second kappa shape index (κ2) is 5.21. The van der Waals surface area contributed by atoms with E-state index in [2.05, 4.69) is 5.32 Å². The first kappa shape index (κ1) is 13.1. The molecule has 0 amide bonds. The molecule has 4 heteroatoms. The van der Waals surface area contributed by atoms with Crippen molar-refractivity contribution in [2.75, 3.05) is 5.32 Å². The van der Waals surface area contributed by atoms with Gasteiger partial charge in [0, 0.05) is 5.69 Å². The number of anilines is 1. The average molecular weight is 275 g/mol. The largest absolute Gasteiger partial charge is 0.386 e. The van der Waals surface area contributed by atoms with Gasteiger partial charge in [0.05, 0.1) is 12.1 Å². The lowest BCUT2D eigenvalue weighted by molar-refractivity contribution is 0.148. The molecule has 1 aliphatic heterocycles. The number of fused-ring (bicyclic) bond motifs is 1. The van der Waals surface area contributed by atoms with Crippen molar-refractivity contribution in [2.45, 2.75) is 25.0 Å². The first-order valence-electron chi connectivity index (χ1n) is 6.62. The van der Waals surface area contributed by atoms with Crippen LogP contribution in [-0.2, 0) is 6.42 Å². The molecule has 1 aliphatic rings. The number of halogens is 2. The van der Waals surface area contributed by atoms with E-state index in [1.807, 2.05) is 24.3 Å². The minimum atomic E-state index is -0.933. The standard InChI is InChI=1S/C16H15F2NO/c17-12-7-5-11(9-13(12)18)16(20)15-8-6-10-3-1-2-4-14(10)19-15/h1-5,7,9,15-16,19-20H,6,8H2. The molecule has 104 valence electrons. The first-order valence-corrected chi connectivity index (χ1v) is 6.62. The summed E-state index contributed by atoms with van der Waals surface area (Å²) in [7, 11) is 0. The Morgan fingerprint density at radius 2 is 1.90 bits per heavy atom. The fourth-order valence-electron chi connectivity index (χ4n) is 2.63. The third kappa shape index (κ3) is 2.39. The summed E-state index contributed by atoms with van der Waals surface area (Å²) < 4.78 is 26.2. The molecule has 3 rings (SSSR count). The molecule has 0 aromatic heterocycles. The summed E-state index contributed by atoms with van der Waals surface area (Å²) in [6.07, 6.45) is 0.740. The van der Waals surface area contributed by atoms with Crippen molar-refractivity contribution in [3.8, 4) is 0 Å². The molecule has 2 aromatic carbocycles. The topological polar surface area (TPSA) is 32.3 Å². The van der Waals surface area contributed by atoms with Gasteiger partial charge < -0.3 is 10.4 Å². The van der Waals surface area contributed by atoms with E-state index < -0.39 is 17.7 Å². The second-order valence-electron chi connectivity index (χ2n) is 5.07. The van der Waals surface area contributed by atoms with Gasteiger partial charge in [-0.05, 0) is 42.2 Å². The van der Waals surface area contributed by atoms with Crippen molar-refractivity contribution in [1.82, 2.24) is 0 Å².